The first kappa shape index (κ1) is 16.7. The molecule has 5 rings (SSSR count). The maximum atomic E-state index is 13.3. The second kappa shape index (κ2) is 6.63. The summed E-state index contributed by atoms with van der Waals surface area (Å²) >= 11 is 0. The van der Waals surface area contributed by atoms with Crippen molar-refractivity contribution < 1.29 is 4.79 Å². The van der Waals surface area contributed by atoms with Crippen LogP contribution in [-0.4, -0.2) is 50.2 Å². The minimum atomic E-state index is -0.211. The molecule has 1 saturated heterocycles. The minimum absolute atomic E-state index is 0.211. The lowest BCUT2D eigenvalue weighted by Crippen LogP contribution is -2.58. The Balaban J connectivity index is 1.27. The van der Waals surface area contributed by atoms with Gasteiger partial charge in [0.1, 0.15) is 17.2 Å². The summed E-state index contributed by atoms with van der Waals surface area (Å²) in [5.74, 6) is 3.26. The number of hydrogen-bond donors (Lipinski definition) is 1. The van der Waals surface area contributed by atoms with E-state index in [0.29, 0.717) is 11.8 Å². The highest BCUT2D eigenvalue weighted by atomic mass is 16.2. The first-order valence-electron chi connectivity index (χ1n) is 10.7. The predicted molar refractivity (Wildman–Crippen MR) is 98.9 cm³/mol. The van der Waals surface area contributed by atoms with Gasteiger partial charge in [0.15, 0.2) is 0 Å². The molecule has 1 N–H and O–H groups in total. The first-order chi connectivity index (χ1) is 12.8. The molecule has 6 heteroatoms. The second-order valence-corrected chi connectivity index (χ2v) is 8.83. The fourth-order valence-electron chi connectivity index (χ4n) is 5.41. The molecule has 1 atom stereocenters. The van der Waals surface area contributed by atoms with Crippen molar-refractivity contribution in [2.75, 3.05) is 13.1 Å². The highest BCUT2D eigenvalue weighted by molar-refractivity contribution is 5.87. The molecule has 2 aliphatic heterocycles. The summed E-state index contributed by atoms with van der Waals surface area (Å²) in [6.07, 6.45) is 12.4. The number of nitrogens with one attached hydrogen (secondary N) is 1. The van der Waals surface area contributed by atoms with Crippen molar-refractivity contribution in [2.24, 2.45) is 0 Å². The van der Waals surface area contributed by atoms with E-state index >= 15 is 0 Å². The quantitative estimate of drug-likeness (QED) is 0.899. The van der Waals surface area contributed by atoms with Crippen LogP contribution in [0.1, 0.15) is 81.8 Å². The highest BCUT2D eigenvalue weighted by Gasteiger charge is 2.47. The van der Waals surface area contributed by atoms with E-state index in [0.717, 1.165) is 57.6 Å². The minimum Gasteiger partial charge on any atom is -0.352 e. The number of aryl methyl sites for hydroxylation is 1. The molecule has 26 heavy (non-hydrogen) atoms. The number of likely N-dealkylation sites (tertiary alicyclic amines) is 1. The van der Waals surface area contributed by atoms with Crippen molar-refractivity contribution in [3.8, 4) is 0 Å². The molecule has 1 aromatic heterocycles. The van der Waals surface area contributed by atoms with Crippen molar-refractivity contribution in [3.63, 3.8) is 0 Å². The van der Waals surface area contributed by atoms with E-state index < -0.39 is 0 Å². The SMILES string of the molecule is O=C(NC1CCc2nnc(C3CC3)n2CC1)C1(N2CCCC2)CCCC1. The molecule has 4 aliphatic rings. The van der Waals surface area contributed by atoms with Crippen LogP contribution in [0, 0.1) is 0 Å². The molecule has 1 amide bonds. The fourth-order valence-corrected chi connectivity index (χ4v) is 5.41. The number of amides is 1. The first-order valence-corrected chi connectivity index (χ1v) is 10.7. The average Bonchev–Trinajstić information content (AvgIpc) is 3.07. The maximum Gasteiger partial charge on any atom is 0.240 e. The maximum absolute atomic E-state index is 13.3. The Morgan fingerprint density at radius 1 is 0.962 bits per heavy atom. The zero-order chi connectivity index (χ0) is 17.6. The summed E-state index contributed by atoms with van der Waals surface area (Å²) in [4.78, 5) is 15.8. The Hall–Kier alpha value is -1.43. The Kier molecular flexibility index (Phi) is 4.26. The zero-order valence-electron chi connectivity index (χ0n) is 15.8. The fraction of sp³-hybridized carbons (Fsp3) is 0.850. The number of hydrogen-bond acceptors (Lipinski definition) is 4. The van der Waals surface area contributed by atoms with Gasteiger partial charge in [-0.05, 0) is 64.5 Å². The number of carbonyl (C=O) groups excluding carboxylic acids is 1. The van der Waals surface area contributed by atoms with E-state index in [-0.39, 0.29) is 11.6 Å². The van der Waals surface area contributed by atoms with Gasteiger partial charge in [-0.1, -0.05) is 12.8 Å². The van der Waals surface area contributed by atoms with Gasteiger partial charge in [-0.2, -0.15) is 0 Å². The van der Waals surface area contributed by atoms with Crippen LogP contribution in [0.15, 0.2) is 0 Å². The Bertz CT molecular complexity index is 668. The van der Waals surface area contributed by atoms with Crippen molar-refractivity contribution in [1.29, 1.82) is 0 Å². The third-order valence-electron chi connectivity index (χ3n) is 7.12. The Labute approximate surface area is 155 Å². The Morgan fingerprint density at radius 2 is 1.73 bits per heavy atom. The summed E-state index contributed by atoms with van der Waals surface area (Å²) in [7, 11) is 0. The van der Waals surface area contributed by atoms with Crippen LogP contribution in [0.4, 0.5) is 0 Å². The summed E-state index contributed by atoms with van der Waals surface area (Å²) < 4.78 is 2.34. The van der Waals surface area contributed by atoms with Crippen molar-refractivity contribution in [1.82, 2.24) is 25.0 Å². The van der Waals surface area contributed by atoms with Crippen LogP contribution in [0.3, 0.4) is 0 Å². The smallest absolute Gasteiger partial charge is 0.240 e. The zero-order valence-corrected chi connectivity index (χ0v) is 15.8. The Morgan fingerprint density at radius 3 is 2.46 bits per heavy atom. The summed E-state index contributed by atoms with van der Waals surface area (Å²) in [6, 6.07) is 0.274. The molecule has 0 spiro atoms. The highest BCUT2D eigenvalue weighted by Crippen LogP contribution is 2.40. The van der Waals surface area contributed by atoms with E-state index in [9.17, 15) is 4.79 Å². The molecule has 3 heterocycles. The second-order valence-electron chi connectivity index (χ2n) is 8.83. The van der Waals surface area contributed by atoms with E-state index in [1.54, 1.807) is 0 Å². The van der Waals surface area contributed by atoms with Gasteiger partial charge < -0.3 is 9.88 Å². The lowest BCUT2D eigenvalue weighted by atomic mass is 9.93. The van der Waals surface area contributed by atoms with Gasteiger partial charge in [-0.25, -0.2) is 0 Å². The van der Waals surface area contributed by atoms with E-state index in [4.69, 9.17) is 0 Å². The molecule has 142 valence electrons. The van der Waals surface area contributed by atoms with Gasteiger partial charge in [0.2, 0.25) is 5.91 Å². The molecule has 1 aromatic rings. The molecule has 1 unspecified atom stereocenters. The van der Waals surface area contributed by atoms with Crippen LogP contribution in [0.2, 0.25) is 0 Å². The van der Waals surface area contributed by atoms with Crippen molar-refractivity contribution in [2.45, 2.75) is 94.7 Å². The van der Waals surface area contributed by atoms with Gasteiger partial charge in [-0.15, -0.1) is 10.2 Å². The van der Waals surface area contributed by atoms with Gasteiger partial charge in [-0.3, -0.25) is 9.69 Å². The summed E-state index contributed by atoms with van der Waals surface area (Å²) in [6.45, 7) is 3.16. The number of nitrogens with zero attached hydrogens (tertiary/aromatic N) is 4. The number of carbonyl (C=O) groups is 1. The number of aromatic nitrogens is 3. The van der Waals surface area contributed by atoms with E-state index in [1.165, 1.54) is 44.3 Å². The lowest BCUT2D eigenvalue weighted by Gasteiger charge is -2.38. The monoisotopic (exact) mass is 357 g/mol. The summed E-state index contributed by atoms with van der Waals surface area (Å²) in [5, 5.41) is 12.3. The van der Waals surface area contributed by atoms with Gasteiger partial charge in [0, 0.05) is 24.9 Å². The molecule has 0 radical (unpaired) electrons. The molecule has 0 bridgehead atoms. The van der Waals surface area contributed by atoms with Crippen molar-refractivity contribution in [3.05, 3.63) is 11.6 Å². The normalized spacial score (nSPS) is 28.7. The van der Waals surface area contributed by atoms with Crippen LogP contribution >= 0.6 is 0 Å². The van der Waals surface area contributed by atoms with Crippen LogP contribution in [0.5, 0.6) is 0 Å². The van der Waals surface area contributed by atoms with Gasteiger partial charge in [0.25, 0.3) is 0 Å². The molecular weight excluding hydrogens is 326 g/mol. The molecule has 2 saturated carbocycles. The standard InChI is InChI=1S/C20H31N5O/c26-19(20(10-1-2-11-20)24-12-3-4-13-24)21-16-7-8-17-22-23-18(15-5-6-15)25(17)14-9-16/h15-16H,1-14H2,(H,21,26). The predicted octanol–water partition coefficient (Wildman–Crippen LogP) is 2.39. The molecule has 2 aliphatic carbocycles. The van der Waals surface area contributed by atoms with Gasteiger partial charge >= 0.3 is 0 Å². The van der Waals surface area contributed by atoms with E-state index in [2.05, 4.69) is 25.0 Å². The van der Waals surface area contributed by atoms with Crippen molar-refractivity contribution >= 4 is 5.91 Å². The molecule has 6 nitrogen and oxygen atoms in total. The third-order valence-corrected chi connectivity index (χ3v) is 7.12. The third kappa shape index (κ3) is 2.86. The van der Waals surface area contributed by atoms with E-state index in [1.807, 2.05) is 0 Å². The molecule has 0 aromatic carbocycles. The summed E-state index contributed by atoms with van der Waals surface area (Å²) in [5.41, 5.74) is -0.211. The topological polar surface area (TPSA) is 63.1 Å². The lowest BCUT2D eigenvalue weighted by molar-refractivity contribution is -0.133. The van der Waals surface area contributed by atoms with Crippen LogP contribution in [-0.2, 0) is 17.8 Å². The number of fused-ring (bicyclic) bond motifs is 1. The average molecular weight is 358 g/mol. The van der Waals surface area contributed by atoms with Crippen LogP contribution in [0.25, 0.3) is 0 Å². The van der Waals surface area contributed by atoms with Crippen LogP contribution < -0.4 is 5.32 Å². The largest absolute Gasteiger partial charge is 0.352 e. The molecular formula is C20H31N5O. The molecule has 3 fully saturated rings. The number of rotatable bonds is 4. The van der Waals surface area contributed by atoms with Gasteiger partial charge in [0.05, 0.1) is 0 Å².